The molecule has 1 atom stereocenters. The molecule has 0 aromatic carbocycles. The third kappa shape index (κ3) is 3.01. The van der Waals surface area contributed by atoms with Crippen LogP contribution >= 0.6 is 15.9 Å². The molecule has 1 aromatic rings. The van der Waals surface area contributed by atoms with Gasteiger partial charge < -0.3 is 0 Å². The van der Waals surface area contributed by atoms with Crippen molar-refractivity contribution in [2.45, 2.75) is 18.9 Å². The second kappa shape index (κ2) is 4.73. The third-order valence-corrected chi connectivity index (χ3v) is 2.93. The Labute approximate surface area is 97.6 Å². The van der Waals surface area contributed by atoms with Crippen molar-refractivity contribution in [3.8, 4) is 6.07 Å². The standard InChI is InChI=1S/C11H12BrN3/c12-10-3-9(6-14-7-10)11(4-13)15-5-8-1-2-8/h3,6-8,11,15H,1-2,5H2. The number of rotatable bonds is 4. The fraction of sp³-hybridized carbons (Fsp3) is 0.455. The summed E-state index contributed by atoms with van der Waals surface area (Å²) in [6.07, 6.45) is 6.04. The van der Waals surface area contributed by atoms with Gasteiger partial charge in [-0.2, -0.15) is 5.26 Å². The van der Waals surface area contributed by atoms with Gasteiger partial charge in [-0.25, -0.2) is 0 Å². The van der Waals surface area contributed by atoms with E-state index < -0.39 is 0 Å². The van der Waals surface area contributed by atoms with Crippen molar-refractivity contribution in [2.24, 2.45) is 5.92 Å². The van der Waals surface area contributed by atoms with Gasteiger partial charge >= 0.3 is 0 Å². The molecule has 1 aliphatic rings. The molecule has 0 spiro atoms. The van der Waals surface area contributed by atoms with Gasteiger partial charge in [0.1, 0.15) is 6.04 Å². The van der Waals surface area contributed by atoms with Gasteiger partial charge in [0.25, 0.3) is 0 Å². The minimum Gasteiger partial charge on any atom is -0.298 e. The highest BCUT2D eigenvalue weighted by Gasteiger charge is 2.22. The molecule has 1 N–H and O–H groups in total. The van der Waals surface area contributed by atoms with E-state index >= 15 is 0 Å². The maximum absolute atomic E-state index is 9.05. The Morgan fingerprint density at radius 2 is 2.40 bits per heavy atom. The van der Waals surface area contributed by atoms with Crippen molar-refractivity contribution < 1.29 is 0 Å². The molecule has 2 rings (SSSR count). The van der Waals surface area contributed by atoms with Crippen LogP contribution in [0.2, 0.25) is 0 Å². The summed E-state index contributed by atoms with van der Waals surface area (Å²) in [5.41, 5.74) is 0.924. The molecule has 1 unspecified atom stereocenters. The van der Waals surface area contributed by atoms with Crippen LogP contribution in [0.5, 0.6) is 0 Å². The monoisotopic (exact) mass is 265 g/mol. The van der Waals surface area contributed by atoms with Crippen LogP contribution in [0.3, 0.4) is 0 Å². The van der Waals surface area contributed by atoms with E-state index in [4.69, 9.17) is 5.26 Å². The predicted molar refractivity (Wildman–Crippen MR) is 61.0 cm³/mol. The van der Waals surface area contributed by atoms with E-state index in [1.807, 2.05) is 6.07 Å². The molecule has 0 amide bonds. The predicted octanol–water partition coefficient (Wildman–Crippen LogP) is 2.41. The lowest BCUT2D eigenvalue weighted by atomic mass is 10.1. The second-order valence-electron chi connectivity index (χ2n) is 3.85. The van der Waals surface area contributed by atoms with Gasteiger partial charge in [0, 0.05) is 22.4 Å². The maximum atomic E-state index is 9.05. The summed E-state index contributed by atoms with van der Waals surface area (Å²) in [6.45, 7) is 0.935. The summed E-state index contributed by atoms with van der Waals surface area (Å²) in [7, 11) is 0. The second-order valence-corrected chi connectivity index (χ2v) is 4.77. The molecule has 0 aliphatic heterocycles. The van der Waals surface area contributed by atoms with Gasteiger partial charge in [-0.3, -0.25) is 10.3 Å². The normalized spacial score (nSPS) is 17.1. The van der Waals surface area contributed by atoms with Crippen LogP contribution in [0.15, 0.2) is 22.9 Å². The number of hydrogen-bond acceptors (Lipinski definition) is 3. The van der Waals surface area contributed by atoms with Crippen LogP contribution in [-0.4, -0.2) is 11.5 Å². The number of halogens is 1. The molecule has 4 heteroatoms. The summed E-state index contributed by atoms with van der Waals surface area (Å²) >= 11 is 3.35. The largest absolute Gasteiger partial charge is 0.298 e. The van der Waals surface area contributed by atoms with E-state index in [2.05, 4.69) is 32.3 Å². The van der Waals surface area contributed by atoms with E-state index in [0.717, 1.165) is 22.5 Å². The highest BCUT2D eigenvalue weighted by molar-refractivity contribution is 9.10. The van der Waals surface area contributed by atoms with Crippen LogP contribution in [-0.2, 0) is 0 Å². The van der Waals surface area contributed by atoms with Crippen molar-refractivity contribution in [3.05, 3.63) is 28.5 Å². The van der Waals surface area contributed by atoms with Crippen LogP contribution in [0.1, 0.15) is 24.4 Å². The molecule has 3 nitrogen and oxygen atoms in total. The zero-order chi connectivity index (χ0) is 10.7. The Kier molecular flexibility index (Phi) is 3.34. The Bertz CT molecular complexity index is 382. The number of nitrogens with one attached hydrogen (secondary N) is 1. The Morgan fingerprint density at radius 1 is 1.60 bits per heavy atom. The first-order valence-corrected chi connectivity index (χ1v) is 5.82. The highest BCUT2D eigenvalue weighted by Crippen LogP contribution is 2.28. The van der Waals surface area contributed by atoms with Crippen LogP contribution in [0, 0.1) is 17.2 Å². The lowest BCUT2D eigenvalue weighted by Crippen LogP contribution is -2.22. The summed E-state index contributed by atoms with van der Waals surface area (Å²) in [5.74, 6) is 0.779. The fourth-order valence-electron chi connectivity index (χ4n) is 1.43. The van der Waals surface area contributed by atoms with Crippen LogP contribution in [0.25, 0.3) is 0 Å². The molecule has 15 heavy (non-hydrogen) atoms. The molecule has 0 bridgehead atoms. The first-order chi connectivity index (χ1) is 7.29. The quantitative estimate of drug-likeness (QED) is 0.910. The van der Waals surface area contributed by atoms with E-state index in [1.54, 1.807) is 12.4 Å². The number of nitriles is 1. The summed E-state index contributed by atoms with van der Waals surface area (Å²) in [5, 5.41) is 12.3. The third-order valence-electron chi connectivity index (χ3n) is 2.50. The van der Waals surface area contributed by atoms with Gasteiger partial charge in [0.2, 0.25) is 0 Å². The van der Waals surface area contributed by atoms with Gasteiger partial charge in [-0.15, -0.1) is 0 Å². The Balaban J connectivity index is 2.01. The van der Waals surface area contributed by atoms with Gasteiger partial charge in [-0.05, 0) is 47.3 Å². The smallest absolute Gasteiger partial charge is 0.122 e. The molecule has 1 fully saturated rings. The lowest BCUT2D eigenvalue weighted by molar-refractivity contribution is 0.591. The van der Waals surface area contributed by atoms with E-state index in [0.29, 0.717) is 0 Å². The molecule has 0 saturated heterocycles. The summed E-state index contributed by atoms with van der Waals surface area (Å²) in [6, 6.07) is 3.95. The molecule has 0 radical (unpaired) electrons. The molecule has 1 heterocycles. The molecular formula is C11H12BrN3. The van der Waals surface area contributed by atoms with E-state index in [-0.39, 0.29) is 6.04 Å². The SMILES string of the molecule is N#CC(NCC1CC1)c1cncc(Br)c1. The van der Waals surface area contributed by atoms with Gasteiger partial charge in [-0.1, -0.05) is 0 Å². The molecule has 1 aliphatic carbocycles. The fourth-order valence-corrected chi connectivity index (χ4v) is 1.81. The topological polar surface area (TPSA) is 48.7 Å². The molecule has 1 aromatic heterocycles. The van der Waals surface area contributed by atoms with Crippen LogP contribution < -0.4 is 5.32 Å². The van der Waals surface area contributed by atoms with Crippen molar-refractivity contribution >= 4 is 15.9 Å². The van der Waals surface area contributed by atoms with E-state index in [9.17, 15) is 0 Å². The number of pyridine rings is 1. The number of aromatic nitrogens is 1. The molecule has 1 saturated carbocycles. The zero-order valence-corrected chi connectivity index (χ0v) is 9.87. The summed E-state index contributed by atoms with van der Waals surface area (Å²) in [4.78, 5) is 4.06. The molecule has 78 valence electrons. The minimum absolute atomic E-state index is 0.240. The van der Waals surface area contributed by atoms with Gasteiger partial charge in [0.05, 0.1) is 6.07 Å². The number of nitrogens with zero attached hydrogens (tertiary/aromatic N) is 2. The average Bonchev–Trinajstić information content (AvgIpc) is 3.03. The molecular weight excluding hydrogens is 254 g/mol. The van der Waals surface area contributed by atoms with Crippen LogP contribution in [0.4, 0.5) is 0 Å². The first kappa shape index (κ1) is 10.6. The van der Waals surface area contributed by atoms with E-state index in [1.165, 1.54) is 12.8 Å². The Morgan fingerprint density at radius 3 is 3.00 bits per heavy atom. The highest BCUT2D eigenvalue weighted by atomic mass is 79.9. The van der Waals surface area contributed by atoms with Crippen molar-refractivity contribution in [1.29, 1.82) is 5.26 Å². The summed E-state index contributed by atoms with van der Waals surface area (Å²) < 4.78 is 0.911. The van der Waals surface area contributed by atoms with Crippen molar-refractivity contribution in [3.63, 3.8) is 0 Å². The van der Waals surface area contributed by atoms with Crippen molar-refractivity contribution in [2.75, 3.05) is 6.54 Å². The zero-order valence-electron chi connectivity index (χ0n) is 8.28. The Hall–Kier alpha value is -0.920. The maximum Gasteiger partial charge on any atom is 0.122 e. The first-order valence-electron chi connectivity index (χ1n) is 5.03. The van der Waals surface area contributed by atoms with Gasteiger partial charge in [0.15, 0.2) is 0 Å². The number of hydrogen-bond donors (Lipinski definition) is 1. The lowest BCUT2D eigenvalue weighted by Gasteiger charge is -2.10. The van der Waals surface area contributed by atoms with Crippen molar-refractivity contribution in [1.82, 2.24) is 10.3 Å². The minimum atomic E-state index is -0.240. The average molecular weight is 266 g/mol.